The number of benzene rings is 1. The normalized spacial score (nSPS) is 19.8. The van der Waals surface area contributed by atoms with E-state index in [1.807, 2.05) is 30.1 Å². The van der Waals surface area contributed by atoms with Gasteiger partial charge in [0, 0.05) is 24.5 Å². The Balaban J connectivity index is 1.89. The zero-order chi connectivity index (χ0) is 13.2. The second-order valence-corrected chi connectivity index (χ2v) is 5.02. The van der Waals surface area contributed by atoms with E-state index in [1.54, 1.807) is 6.20 Å². The third-order valence-electron chi connectivity index (χ3n) is 3.83. The summed E-state index contributed by atoms with van der Waals surface area (Å²) in [5.74, 6) is 0.104. The van der Waals surface area contributed by atoms with Crippen LogP contribution in [0.5, 0.6) is 0 Å². The number of carbonyl (C=O) groups is 1. The van der Waals surface area contributed by atoms with Crippen molar-refractivity contribution in [2.75, 3.05) is 20.1 Å². The van der Waals surface area contributed by atoms with E-state index in [0.717, 1.165) is 42.4 Å². The van der Waals surface area contributed by atoms with Crippen molar-refractivity contribution in [3.8, 4) is 0 Å². The highest BCUT2D eigenvalue weighted by molar-refractivity contribution is 6.06. The van der Waals surface area contributed by atoms with Gasteiger partial charge in [0.1, 0.15) is 0 Å². The van der Waals surface area contributed by atoms with Crippen LogP contribution in [0.25, 0.3) is 10.9 Å². The van der Waals surface area contributed by atoms with E-state index in [2.05, 4.69) is 15.5 Å². The molecule has 5 heteroatoms. The van der Waals surface area contributed by atoms with Crippen LogP contribution in [0.15, 0.2) is 24.4 Å². The molecule has 100 valence electrons. The summed E-state index contributed by atoms with van der Waals surface area (Å²) in [6.07, 6.45) is 3.91. The summed E-state index contributed by atoms with van der Waals surface area (Å²) in [7, 11) is 1.95. The molecule has 2 aromatic rings. The van der Waals surface area contributed by atoms with Gasteiger partial charge in [0.25, 0.3) is 5.91 Å². The predicted octanol–water partition coefficient (Wildman–Crippen LogP) is 1.39. The quantitative estimate of drug-likeness (QED) is 0.855. The number of nitrogens with one attached hydrogen (secondary N) is 2. The number of carbonyl (C=O) groups excluding carboxylic acids is 1. The van der Waals surface area contributed by atoms with E-state index in [9.17, 15) is 4.79 Å². The number of aromatic amines is 1. The molecule has 1 aromatic carbocycles. The van der Waals surface area contributed by atoms with Crippen LogP contribution in [-0.4, -0.2) is 47.2 Å². The van der Waals surface area contributed by atoms with Crippen LogP contribution in [-0.2, 0) is 0 Å². The van der Waals surface area contributed by atoms with E-state index in [1.165, 1.54) is 0 Å². The first kappa shape index (κ1) is 12.2. The van der Waals surface area contributed by atoms with Crippen molar-refractivity contribution in [1.82, 2.24) is 20.4 Å². The second kappa shape index (κ2) is 5.01. The third-order valence-corrected chi connectivity index (χ3v) is 3.83. The largest absolute Gasteiger partial charge is 0.337 e. The molecule has 1 aliphatic heterocycles. The zero-order valence-electron chi connectivity index (χ0n) is 11.0. The second-order valence-electron chi connectivity index (χ2n) is 5.02. The molecule has 3 rings (SSSR count). The fraction of sp³-hybridized carbons (Fsp3) is 0.429. The highest BCUT2D eigenvalue weighted by Crippen LogP contribution is 2.20. The number of H-pyrrole nitrogens is 1. The lowest BCUT2D eigenvalue weighted by Gasteiger charge is -2.32. The first-order valence-electron chi connectivity index (χ1n) is 6.68. The summed E-state index contributed by atoms with van der Waals surface area (Å²) < 4.78 is 0. The summed E-state index contributed by atoms with van der Waals surface area (Å²) in [6, 6.07) is 6.11. The Morgan fingerprint density at radius 2 is 2.42 bits per heavy atom. The molecule has 0 bridgehead atoms. The highest BCUT2D eigenvalue weighted by atomic mass is 16.2. The van der Waals surface area contributed by atoms with Crippen molar-refractivity contribution in [2.24, 2.45) is 0 Å². The Labute approximate surface area is 112 Å². The maximum absolute atomic E-state index is 12.6. The number of amides is 1. The lowest BCUT2D eigenvalue weighted by Crippen LogP contribution is -2.47. The van der Waals surface area contributed by atoms with Crippen molar-refractivity contribution < 1.29 is 4.79 Å². The van der Waals surface area contributed by atoms with Crippen molar-refractivity contribution in [2.45, 2.75) is 18.9 Å². The van der Waals surface area contributed by atoms with Gasteiger partial charge >= 0.3 is 0 Å². The number of aromatic nitrogens is 2. The maximum atomic E-state index is 12.6. The zero-order valence-corrected chi connectivity index (χ0v) is 11.0. The number of fused-ring (bicyclic) bond motifs is 1. The average molecular weight is 258 g/mol. The summed E-state index contributed by atoms with van der Waals surface area (Å²) in [6.45, 7) is 1.62. The van der Waals surface area contributed by atoms with Gasteiger partial charge in [-0.25, -0.2) is 0 Å². The van der Waals surface area contributed by atoms with Crippen LogP contribution in [0.3, 0.4) is 0 Å². The van der Waals surface area contributed by atoms with Crippen LogP contribution in [0, 0.1) is 0 Å². The molecule has 1 amide bonds. The molecule has 0 spiro atoms. The summed E-state index contributed by atoms with van der Waals surface area (Å²) in [4.78, 5) is 14.6. The molecule has 0 aliphatic carbocycles. The van der Waals surface area contributed by atoms with E-state index in [0.29, 0.717) is 6.04 Å². The van der Waals surface area contributed by atoms with E-state index in [-0.39, 0.29) is 5.91 Å². The number of rotatable bonds is 2. The Bertz CT molecular complexity index is 592. The van der Waals surface area contributed by atoms with E-state index in [4.69, 9.17) is 0 Å². The molecular formula is C14H18N4O. The fourth-order valence-corrected chi connectivity index (χ4v) is 2.72. The standard InChI is InChI=1S/C14H18N4O/c1-15-10-4-3-7-18(9-10)14(19)11-5-2-6-13-12(11)8-16-17-13/h2,5-6,8,10,15H,3-4,7,9H2,1H3,(H,16,17). The number of hydrogen-bond acceptors (Lipinski definition) is 3. The lowest BCUT2D eigenvalue weighted by atomic mass is 10.0. The molecule has 0 radical (unpaired) electrons. The molecule has 2 N–H and O–H groups in total. The van der Waals surface area contributed by atoms with Crippen molar-refractivity contribution >= 4 is 16.8 Å². The van der Waals surface area contributed by atoms with Gasteiger partial charge in [-0.3, -0.25) is 9.89 Å². The average Bonchev–Trinajstić information content (AvgIpc) is 2.95. The molecule has 0 saturated carbocycles. The van der Waals surface area contributed by atoms with Crippen LogP contribution >= 0.6 is 0 Å². The minimum absolute atomic E-state index is 0.104. The van der Waals surface area contributed by atoms with Crippen LogP contribution < -0.4 is 5.32 Å². The van der Waals surface area contributed by atoms with Gasteiger partial charge in [-0.1, -0.05) is 6.07 Å². The van der Waals surface area contributed by atoms with Gasteiger partial charge in [0.05, 0.1) is 17.3 Å². The highest BCUT2D eigenvalue weighted by Gasteiger charge is 2.24. The molecule has 1 atom stereocenters. The van der Waals surface area contributed by atoms with Gasteiger partial charge in [-0.05, 0) is 32.0 Å². The van der Waals surface area contributed by atoms with Gasteiger partial charge in [0.2, 0.25) is 0 Å². The van der Waals surface area contributed by atoms with Crippen LogP contribution in [0.1, 0.15) is 23.2 Å². The number of hydrogen-bond donors (Lipinski definition) is 2. The first-order valence-corrected chi connectivity index (χ1v) is 6.68. The lowest BCUT2D eigenvalue weighted by molar-refractivity contribution is 0.0700. The van der Waals surface area contributed by atoms with Gasteiger partial charge < -0.3 is 10.2 Å². The van der Waals surface area contributed by atoms with Crippen molar-refractivity contribution in [1.29, 1.82) is 0 Å². The third kappa shape index (κ3) is 2.21. The summed E-state index contributed by atoms with van der Waals surface area (Å²) >= 11 is 0. The Morgan fingerprint density at radius 3 is 3.26 bits per heavy atom. The van der Waals surface area contributed by atoms with E-state index < -0.39 is 0 Å². The molecule has 1 aliphatic rings. The van der Waals surface area contributed by atoms with Crippen LogP contribution in [0.4, 0.5) is 0 Å². The van der Waals surface area contributed by atoms with Crippen molar-refractivity contribution in [3.05, 3.63) is 30.0 Å². The molecule has 1 fully saturated rings. The monoisotopic (exact) mass is 258 g/mol. The minimum atomic E-state index is 0.104. The molecular weight excluding hydrogens is 240 g/mol. The molecule has 5 nitrogen and oxygen atoms in total. The van der Waals surface area contributed by atoms with Crippen molar-refractivity contribution in [3.63, 3.8) is 0 Å². The molecule has 1 unspecified atom stereocenters. The number of piperidine rings is 1. The van der Waals surface area contributed by atoms with Crippen LogP contribution in [0.2, 0.25) is 0 Å². The first-order chi connectivity index (χ1) is 9.29. The Morgan fingerprint density at radius 1 is 1.53 bits per heavy atom. The molecule has 1 aromatic heterocycles. The number of nitrogens with zero attached hydrogens (tertiary/aromatic N) is 2. The molecule has 1 saturated heterocycles. The molecule has 2 heterocycles. The number of likely N-dealkylation sites (tertiary alicyclic amines) is 1. The maximum Gasteiger partial charge on any atom is 0.254 e. The van der Waals surface area contributed by atoms with Gasteiger partial charge in [-0.2, -0.15) is 5.10 Å². The molecule has 19 heavy (non-hydrogen) atoms. The van der Waals surface area contributed by atoms with Gasteiger partial charge in [0.15, 0.2) is 0 Å². The van der Waals surface area contributed by atoms with E-state index >= 15 is 0 Å². The number of likely N-dealkylation sites (N-methyl/N-ethyl adjacent to an activating group) is 1. The Hall–Kier alpha value is -1.88. The fourth-order valence-electron chi connectivity index (χ4n) is 2.72. The minimum Gasteiger partial charge on any atom is -0.337 e. The summed E-state index contributed by atoms with van der Waals surface area (Å²) in [5, 5.41) is 11.1. The van der Waals surface area contributed by atoms with Gasteiger partial charge in [-0.15, -0.1) is 0 Å². The summed E-state index contributed by atoms with van der Waals surface area (Å²) in [5.41, 5.74) is 1.65. The smallest absolute Gasteiger partial charge is 0.254 e. The topological polar surface area (TPSA) is 61.0 Å². The SMILES string of the molecule is CNC1CCCN(C(=O)c2cccc3[nH]ncc23)C1. The Kier molecular flexibility index (Phi) is 3.21. The predicted molar refractivity (Wildman–Crippen MR) is 74.1 cm³/mol.